The molecule has 2 aromatic rings. The minimum Gasteiger partial charge on any atom is -0.457 e. The van der Waals surface area contributed by atoms with Crippen LogP contribution < -0.4 is 4.74 Å². The molecule has 20 heavy (non-hydrogen) atoms. The third-order valence-corrected chi connectivity index (χ3v) is 2.71. The summed E-state index contributed by atoms with van der Waals surface area (Å²) in [5, 5.41) is 0. The van der Waals surface area contributed by atoms with Crippen LogP contribution in [-0.4, -0.2) is 0 Å². The second kappa shape index (κ2) is 5.61. The lowest BCUT2D eigenvalue weighted by Gasteiger charge is -2.18. The van der Waals surface area contributed by atoms with Gasteiger partial charge in [-0.25, -0.2) is 8.78 Å². The first kappa shape index (κ1) is 14.5. The number of benzene rings is 2. The number of halogens is 2. The summed E-state index contributed by atoms with van der Waals surface area (Å²) in [6, 6.07) is 10.3. The summed E-state index contributed by atoms with van der Waals surface area (Å²) in [4.78, 5) is 0. The Morgan fingerprint density at radius 1 is 0.850 bits per heavy atom. The fourth-order valence-corrected chi connectivity index (χ4v) is 2.03. The maximum absolute atomic E-state index is 13.6. The monoisotopic (exact) mass is 276 g/mol. The van der Waals surface area contributed by atoms with E-state index in [1.165, 1.54) is 36.4 Å². The van der Waals surface area contributed by atoms with Gasteiger partial charge in [-0.2, -0.15) is 0 Å². The molecular weight excluding hydrogens is 258 g/mol. The van der Waals surface area contributed by atoms with Crippen LogP contribution in [-0.2, 0) is 6.42 Å². The highest BCUT2D eigenvalue weighted by Crippen LogP contribution is 2.27. The van der Waals surface area contributed by atoms with E-state index in [0.717, 1.165) is 12.0 Å². The minimum atomic E-state index is -0.330. The van der Waals surface area contributed by atoms with Crippen molar-refractivity contribution in [2.75, 3.05) is 0 Å². The molecule has 0 saturated carbocycles. The van der Waals surface area contributed by atoms with Gasteiger partial charge in [0, 0.05) is 6.07 Å². The summed E-state index contributed by atoms with van der Waals surface area (Å²) < 4.78 is 32.0. The molecule has 0 unspecified atom stereocenters. The molecule has 0 fully saturated rings. The van der Waals surface area contributed by atoms with Gasteiger partial charge in [0.15, 0.2) is 0 Å². The van der Waals surface area contributed by atoms with E-state index in [9.17, 15) is 8.78 Å². The molecule has 0 atom stereocenters. The molecule has 0 aliphatic heterocycles. The average Bonchev–Trinajstić information content (AvgIpc) is 2.29. The Hall–Kier alpha value is -1.90. The summed E-state index contributed by atoms with van der Waals surface area (Å²) >= 11 is 0. The fourth-order valence-electron chi connectivity index (χ4n) is 2.03. The largest absolute Gasteiger partial charge is 0.457 e. The third-order valence-electron chi connectivity index (χ3n) is 2.71. The maximum atomic E-state index is 13.6. The van der Waals surface area contributed by atoms with Gasteiger partial charge in [0.05, 0.1) is 0 Å². The molecule has 0 amide bonds. The third kappa shape index (κ3) is 4.34. The lowest BCUT2D eigenvalue weighted by atomic mass is 9.88. The number of rotatable bonds is 3. The molecule has 0 aliphatic rings. The molecule has 0 aromatic heterocycles. The SMILES string of the molecule is CC(C)(C)Cc1cc(F)cc(Oc2ccc(F)cc2)c1. The number of hydrogen-bond acceptors (Lipinski definition) is 1. The number of ether oxygens (including phenoxy) is 1. The Morgan fingerprint density at radius 2 is 1.50 bits per heavy atom. The van der Waals surface area contributed by atoms with Crippen molar-refractivity contribution in [3.8, 4) is 11.5 Å². The molecule has 0 bridgehead atoms. The number of hydrogen-bond donors (Lipinski definition) is 0. The molecule has 0 N–H and O–H groups in total. The molecule has 0 radical (unpaired) electrons. The van der Waals surface area contributed by atoms with E-state index in [4.69, 9.17) is 4.74 Å². The first-order valence-electron chi connectivity index (χ1n) is 6.55. The Labute approximate surface area is 118 Å². The van der Waals surface area contributed by atoms with Gasteiger partial charge in [-0.15, -0.1) is 0 Å². The Balaban J connectivity index is 2.21. The van der Waals surface area contributed by atoms with E-state index in [1.54, 1.807) is 0 Å². The van der Waals surface area contributed by atoms with Crippen LogP contribution in [0.4, 0.5) is 8.78 Å². The first-order chi connectivity index (χ1) is 9.32. The highest BCUT2D eigenvalue weighted by atomic mass is 19.1. The van der Waals surface area contributed by atoms with Crippen molar-refractivity contribution in [1.82, 2.24) is 0 Å². The molecule has 0 aliphatic carbocycles. The summed E-state index contributed by atoms with van der Waals surface area (Å²) in [6.07, 6.45) is 0.755. The molecule has 2 rings (SSSR count). The van der Waals surface area contributed by atoms with E-state index in [0.29, 0.717) is 11.5 Å². The molecule has 1 nitrogen and oxygen atoms in total. The highest BCUT2D eigenvalue weighted by Gasteiger charge is 2.13. The molecule has 0 spiro atoms. The summed E-state index contributed by atoms with van der Waals surface area (Å²) in [7, 11) is 0. The van der Waals surface area contributed by atoms with Gasteiger partial charge in [0.25, 0.3) is 0 Å². The lowest BCUT2D eigenvalue weighted by molar-refractivity contribution is 0.408. The quantitative estimate of drug-likeness (QED) is 0.734. The van der Waals surface area contributed by atoms with E-state index < -0.39 is 0 Å². The Bertz CT molecular complexity index is 583. The van der Waals surface area contributed by atoms with E-state index in [1.807, 2.05) is 6.07 Å². The summed E-state index contributed by atoms with van der Waals surface area (Å²) in [5.74, 6) is 0.253. The molecule has 3 heteroatoms. The topological polar surface area (TPSA) is 9.23 Å². The maximum Gasteiger partial charge on any atom is 0.130 e. The van der Waals surface area contributed by atoms with Crippen LogP contribution in [0.2, 0.25) is 0 Å². The van der Waals surface area contributed by atoms with E-state index in [2.05, 4.69) is 20.8 Å². The van der Waals surface area contributed by atoms with Crippen LogP contribution in [0.3, 0.4) is 0 Å². The van der Waals surface area contributed by atoms with Crippen LogP contribution in [0.5, 0.6) is 11.5 Å². The lowest BCUT2D eigenvalue weighted by Crippen LogP contribution is -2.09. The zero-order chi connectivity index (χ0) is 14.8. The van der Waals surface area contributed by atoms with Crippen molar-refractivity contribution in [3.63, 3.8) is 0 Å². The van der Waals surface area contributed by atoms with Gasteiger partial charge in [0.2, 0.25) is 0 Å². The van der Waals surface area contributed by atoms with Crippen LogP contribution in [0.25, 0.3) is 0 Å². The molecular formula is C17H18F2O. The van der Waals surface area contributed by atoms with Gasteiger partial charge in [-0.3, -0.25) is 0 Å². The smallest absolute Gasteiger partial charge is 0.130 e. The van der Waals surface area contributed by atoms with Crippen molar-refractivity contribution >= 4 is 0 Å². The Kier molecular flexibility index (Phi) is 4.07. The van der Waals surface area contributed by atoms with Crippen LogP contribution in [0.1, 0.15) is 26.3 Å². The standard InChI is InChI=1S/C17H18F2O/c1-17(2,3)11-12-8-14(19)10-16(9-12)20-15-6-4-13(18)5-7-15/h4-10H,11H2,1-3H3. The average molecular weight is 276 g/mol. The zero-order valence-electron chi connectivity index (χ0n) is 11.9. The van der Waals surface area contributed by atoms with E-state index in [-0.39, 0.29) is 17.0 Å². The summed E-state index contributed by atoms with van der Waals surface area (Å²) in [5.41, 5.74) is 0.954. The van der Waals surface area contributed by atoms with Crippen molar-refractivity contribution in [3.05, 3.63) is 59.7 Å². The van der Waals surface area contributed by atoms with Crippen molar-refractivity contribution in [1.29, 1.82) is 0 Å². The highest BCUT2D eigenvalue weighted by molar-refractivity contribution is 5.35. The van der Waals surface area contributed by atoms with Crippen LogP contribution in [0.15, 0.2) is 42.5 Å². The summed E-state index contributed by atoms with van der Waals surface area (Å²) in [6.45, 7) is 6.29. The van der Waals surface area contributed by atoms with E-state index >= 15 is 0 Å². The molecule has 0 saturated heterocycles. The normalized spacial score (nSPS) is 11.4. The second-order valence-electron chi connectivity index (χ2n) is 6.09. The van der Waals surface area contributed by atoms with Gasteiger partial charge in [-0.05, 0) is 53.8 Å². The molecule has 2 aromatic carbocycles. The van der Waals surface area contributed by atoms with Gasteiger partial charge in [-0.1, -0.05) is 20.8 Å². The van der Waals surface area contributed by atoms with Crippen molar-refractivity contribution < 1.29 is 13.5 Å². The first-order valence-corrected chi connectivity index (χ1v) is 6.55. The molecule has 0 heterocycles. The van der Waals surface area contributed by atoms with Gasteiger partial charge in [0.1, 0.15) is 23.1 Å². The Morgan fingerprint density at radius 3 is 2.10 bits per heavy atom. The predicted molar refractivity (Wildman–Crippen MR) is 76.0 cm³/mol. The van der Waals surface area contributed by atoms with Gasteiger partial charge < -0.3 is 4.74 Å². The minimum absolute atomic E-state index is 0.0704. The van der Waals surface area contributed by atoms with Gasteiger partial charge >= 0.3 is 0 Å². The molecule has 106 valence electrons. The van der Waals surface area contributed by atoms with Crippen LogP contribution >= 0.6 is 0 Å². The zero-order valence-corrected chi connectivity index (χ0v) is 11.9. The van der Waals surface area contributed by atoms with Crippen LogP contribution in [0, 0.1) is 17.0 Å². The van der Waals surface area contributed by atoms with Crippen molar-refractivity contribution in [2.24, 2.45) is 5.41 Å². The fraction of sp³-hybridized carbons (Fsp3) is 0.294. The predicted octanol–water partition coefficient (Wildman–Crippen LogP) is 5.35. The van der Waals surface area contributed by atoms with Crippen molar-refractivity contribution in [2.45, 2.75) is 27.2 Å². The second-order valence-corrected chi connectivity index (χ2v) is 6.09.